The predicted octanol–water partition coefficient (Wildman–Crippen LogP) is -2.17. The topological polar surface area (TPSA) is 77.8 Å². The third-order valence-corrected chi connectivity index (χ3v) is 0. The third-order valence-electron chi connectivity index (χ3n) is 0. The van der Waals surface area contributed by atoms with Crippen LogP contribution in [-0.4, -0.2) is 26.8 Å². The second kappa shape index (κ2) is 1.14. The molecule has 0 amide bonds. The van der Waals surface area contributed by atoms with E-state index >= 15 is 0 Å². The van der Waals surface area contributed by atoms with Crippen LogP contribution in [0.1, 0.15) is 0 Å². The van der Waals surface area contributed by atoms with Crippen LogP contribution in [0.3, 0.4) is 0 Å². The Morgan fingerprint density at radius 3 is 1.20 bits per heavy atom. The van der Waals surface area contributed by atoms with Crippen molar-refractivity contribution in [3.8, 4) is 0 Å². The van der Waals surface area contributed by atoms with E-state index in [9.17, 15) is 0 Å². The minimum absolute atomic E-state index is 5.12. The Kier molecular flexibility index (Phi) is 1.20. The second-order valence-corrected chi connectivity index (χ2v) is 2.67. The summed E-state index contributed by atoms with van der Waals surface area (Å²) in [4.78, 5) is 0. The Morgan fingerprint density at radius 2 is 1.20 bits per heavy atom. The first-order chi connectivity index (χ1) is 2.00. The zero-order valence-electron chi connectivity index (χ0n) is 2.20. The molecule has 0 radical (unpaired) electrons. The summed E-state index contributed by atoms with van der Waals surface area (Å²) in [7, 11) is 0. The van der Waals surface area contributed by atoms with Gasteiger partial charge in [0, 0.05) is 0 Å². The van der Waals surface area contributed by atoms with Gasteiger partial charge in [0.25, 0.3) is 0 Å². The van der Waals surface area contributed by atoms with Crippen LogP contribution in [-0.2, 0) is 3.74 Å². The van der Waals surface area contributed by atoms with Crippen LogP contribution in [0.2, 0.25) is 0 Å². The Labute approximate surface area is 31.4 Å². The summed E-state index contributed by atoms with van der Waals surface area (Å²) in [6.45, 7) is 0. The van der Waals surface area contributed by atoms with E-state index < -0.39 is 14.5 Å². The Hall–Kier alpha value is 0.238. The van der Waals surface area contributed by atoms with E-state index in [1.54, 1.807) is 0 Å². The second-order valence-electron chi connectivity index (χ2n) is 0.513. The maximum atomic E-state index is 8.94. The monoisotopic (exact) mass is 141 g/mol. The summed E-state index contributed by atoms with van der Waals surface area (Å²) in [5.74, 6) is 0. The molecule has 0 aliphatic heterocycles. The van der Waals surface area contributed by atoms with Crippen molar-refractivity contribution in [2.45, 2.75) is 0 Å². The Morgan fingerprint density at radius 1 is 1.20 bits per heavy atom. The molecule has 0 rings (SSSR count). The first-order valence-electron chi connectivity index (χ1n) is 0.783. The van der Waals surface area contributed by atoms with E-state index in [0.29, 0.717) is 0 Å². The summed E-state index contributed by atoms with van der Waals surface area (Å²) < 4.78 is 30.7. The first kappa shape index (κ1) is 5.24. The molecule has 0 saturated carbocycles. The predicted molar refractivity (Wildman–Crippen MR) is 13.1 cm³/mol. The molecule has 0 unspecified atom stereocenters. The third kappa shape index (κ3) is 374. The van der Waals surface area contributed by atoms with Crippen molar-refractivity contribution in [3.63, 3.8) is 0 Å². The van der Waals surface area contributed by atoms with Gasteiger partial charge in [0.1, 0.15) is 0 Å². The fourth-order valence-corrected chi connectivity index (χ4v) is 0. The molecule has 32 valence electrons. The van der Waals surface area contributed by atoms with Gasteiger partial charge in [-0.3, -0.25) is 0 Å². The van der Waals surface area contributed by atoms with E-state index in [-0.39, 0.29) is 0 Å². The van der Waals surface area contributed by atoms with Gasteiger partial charge in [0.05, 0.1) is 0 Å². The molecule has 0 saturated heterocycles. The van der Waals surface area contributed by atoms with Crippen LogP contribution in [0.4, 0.5) is 0 Å². The zero-order valence-corrected chi connectivity index (χ0v) is 4.07. The SMILES string of the molecule is O=[74As](O)(O)O. The van der Waals surface area contributed by atoms with Crippen molar-refractivity contribution >= 4 is 14.5 Å². The fraction of sp³-hybridized carbons (Fsp3) is 0. The Balaban J connectivity index is 3.47. The average Bonchev–Trinajstić information content (AvgIpc) is 0.722. The molecule has 0 aliphatic carbocycles. The van der Waals surface area contributed by atoms with Crippen molar-refractivity contribution < 1.29 is 16.0 Å². The first-order valence-corrected chi connectivity index (χ1v) is 4.07. The molecule has 0 spiro atoms. The van der Waals surface area contributed by atoms with Gasteiger partial charge in [-0.2, -0.15) is 0 Å². The Bertz CT molecular complexity index is 49.8. The molecular formula is H3AsO4. The zero-order chi connectivity index (χ0) is 4.50. The maximum absolute atomic E-state index is 8.94. The normalized spacial score (nSPS) is 11.8. The standard InChI is InChI=1S/AsH3O4/c2-1(3,4)5/h(H3,2,3,4,5)/i1-1. The molecule has 0 atom stereocenters. The molecule has 0 aromatic rings. The number of hydrogen-bond donors (Lipinski definition) is 3. The van der Waals surface area contributed by atoms with Gasteiger partial charge >= 0.3 is 30.5 Å². The molecule has 5 heavy (non-hydrogen) atoms. The van der Waals surface area contributed by atoms with Gasteiger partial charge in [0.2, 0.25) is 0 Å². The minimum atomic E-state index is -5.12. The number of rotatable bonds is 0. The van der Waals surface area contributed by atoms with Crippen molar-refractivity contribution in [3.05, 3.63) is 0 Å². The summed E-state index contributed by atoms with van der Waals surface area (Å²) in [6.07, 6.45) is 0. The molecule has 5 heteroatoms. The van der Waals surface area contributed by atoms with Gasteiger partial charge in [-0.05, 0) is 0 Å². The van der Waals surface area contributed by atoms with Crippen LogP contribution in [0.25, 0.3) is 0 Å². The number of hydrogen-bond acceptors (Lipinski definition) is 1. The van der Waals surface area contributed by atoms with Crippen molar-refractivity contribution in [2.24, 2.45) is 0 Å². The quantitative estimate of drug-likeness (QED) is 0.335. The van der Waals surface area contributed by atoms with Gasteiger partial charge in [-0.1, -0.05) is 0 Å². The summed E-state index contributed by atoms with van der Waals surface area (Å²) >= 11 is -5.12. The molecule has 0 aromatic heterocycles. The van der Waals surface area contributed by atoms with Gasteiger partial charge in [0.15, 0.2) is 0 Å². The molecular weight excluding hydrogens is 138 g/mol. The van der Waals surface area contributed by atoms with Gasteiger partial charge in [-0.25, -0.2) is 0 Å². The van der Waals surface area contributed by atoms with Crippen LogP contribution in [0.15, 0.2) is 0 Å². The van der Waals surface area contributed by atoms with Gasteiger partial charge in [-0.15, -0.1) is 0 Å². The van der Waals surface area contributed by atoms with E-state index in [1.807, 2.05) is 0 Å². The molecule has 0 bridgehead atoms. The molecule has 0 heterocycles. The molecule has 0 aromatic carbocycles. The molecule has 4 nitrogen and oxygen atoms in total. The summed E-state index contributed by atoms with van der Waals surface area (Å²) in [5.41, 5.74) is 0. The van der Waals surface area contributed by atoms with E-state index in [4.69, 9.17) is 16.0 Å². The average molecular weight is 141 g/mol. The van der Waals surface area contributed by atoms with E-state index in [0.717, 1.165) is 0 Å². The van der Waals surface area contributed by atoms with E-state index in [1.165, 1.54) is 0 Å². The van der Waals surface area contributed by atoms with Crippen molar-refractivity contribution in [1.29, 1.82) is 0 Å². The van der Waals surface area contributed by atoms with Crippen LogP contribution >= 0.6 is 0 Å². The van der Waals surface area contributed by atoms with Crippen molar-refractivity contribution in [1.82, 2.24) is 0 Å². The van der Waals surface area contributed by atoms with E-state index in [2.05, 4.69) is 0 Å². The van der Waals surface area contributed by atoms with Crippen molar-refractivity contribution in [2.75, 3.05) is 0 Å². The van der Waals surface area contributed by atoms with Crippen LogP contribution < -0.4 is 0 Å². The fourth-order valence-electron chi connectivity index (χ4n) is 0. The molecule has 3 N–H and O–H groups in total. The molecule has 0 fully saturated rings. The van der Waals surface area contributed by atoms with Crippen LogP contribution in [0, 0.1) is 0 Å². The summed E-state index contributed by atoms with van der Waals surface area (Å²) in [5, 5.41) is 0. The molecule has 0 aliphatic rings. The van der Waals surface area contributed by atoms with Gasteiger partial charge < -0.3 is 0 Å². The van der Waals surface area contributed by atoms with Crippen LogP contribution in [0.5, 0.6) is 0 Å². The summed E-state index contributed by atoms with van der Waals surface area (Å²) in [6, 6.07) is 0.